The number of amides is 1. The summed E-state index contributed by atoms with van der Waals surface area (Å²) < 4.78 is 1.21. The number of hydrogen-bond acceptors (Lipinski definition) is 3. The maximum Gasteiger partial charge on any atom is 0.251 e. The molecule has 1 aromatic heterocycles. The molecule has 1 aliphatic carbocycles. The monoisotopic (exact) mass is 326 g/mol. The van der Waals surface area contributed by atoms with Crippen molar-refractivity contribution in [3.8, 4) is 0 Å². The zero-order valence-corrected chi connectivity index (χ0v) is 14.3. The number of nitrogens with one attached hydrogen (secondary N) is 1. The van der Waals surface area contributed by atoms with Gasteiger partial charge in [-0.3, -0.25) is 9.69 Å². The molecule has 1 spiro atoms. The van der Waals surface area contributed by atoms with Crippen LogP contribution in [0.25, 0.3) is 10.1 Å². The number of fused-ring (bicyclic) bond motifs is 3. The van der Waals surface area contributed by atoms with E-state index in [9.17, 15) is 4.79 Å². The Balaban J connectivity index is 1.42. The zero-order chi connectivity index (χ0) is 15.6. The Hall–Kier alpha value is -1.39. The number of rotatable bonds is 2. The molecule has 1 saturated carbocycles. The van der Waals surface area contributed by atoms with E-state index >= 15 is 0 Å². The largest absolute Gasteiger partial charge is 0.347 e. The molecule has 1 atom stereocenters. The lowest BCUT2D eigenvalue weighted by Crippen LogP contribution is -2.65. The first kappa shape index (κ1) is 14.0. The molecule has 1 amide bonds. The van der Waals surface area contributed by atoms with E-state index in [2.05, 4.69) is 34.7 Å². The van der Waals surface area contributed by atoms with Gasteiger partial charge in [-0.2, -0.15) is 0 Å². The highest BCUT2D eigenvalue weighted by Crippen LogP contribution is 2.53. The van der Waals surface area contributed by atoms with E-state index in [-0.39, 0.29) is 5.91 Å². The van der Waals surface area contributed by atoms with Gasteiger partial charge in [-0.15, -0.1) is 11.3 Å². The summed E-state index contributed by atoms with van der Waals surface area (Å²) in [5.41, 5.74) is 2.42. The van der Waals surface area contributed by atoms with Crippen molar-refractivity contribution in [3.05, 3.63) is 34.7 Å². The van der Waals surface area contributed by atoms with Crippen LogP contribution in [0.2, 0.25) is 0 Å². The third-order valence-corrected chi connectivity index (χ3v) is 7.36. The summed E-state index contributed by atoms with van der Waals surface area (Å²) in [5.74, 6) is 0.794. The maximum atomic E-state index is 12.8. The second-order valence-corrected chi connectivity index (χ2v) is 8.42. The highest BCUT2D eigenvalue weighted by Gasteiger charge is 2.60. The molecule has 120 valence electrons. The molecule has 2 aromatic rings. The Morgan fingerprint density at radius 3 is 2.83 bits per heavy atom. The van der Waals surface area contributed by atoms with Gasteiger partial charge in [0.15, 0.2) is 0 Å². The molecular formula is C19H22N2OS. The number of carbonyl (C=O) groups excluding carboxylic acids is 1. The summed E-state index contributed by atoms with van der Waals surface area (Å²) >= 11 is 1.73. The first-order chi connectivity index (χ1) is 11.2. The van der Waals surface area contributed by atoms with Crippen LogP contribution < -0.4 is 5.32 Å². The van der Waals surface area contributed by atoms with E-state index in [0.29, 0.717) is 17.5 Å². The van der Waals surface area contributed by atoms with Crippen LogP contribution in [0, 0.1) is 12.8 Å². The molecule has 1 unspecified atom stereocenters. The number of carbonyl (C=O) groups is 1. The lowest BCUT2D eigenvalue weighted by atomic mass is 9.77. The summed E-state index contributed by atoms with van der Waals surface area (Å²) in [6, 6.07) is 6.50. The van der Waals surface area contributed by atoms with Crippen molar-refractivity contribution in [2.45, 2.75) is 44.2 Å². The molecule has 4 heteroatoms. The normalized spacial score (nSPS) is 30.7. The van der Waals surface area contributed by atoms with Crippen molar-refractivity contribution >= 4 is 27.3 Å². The maximum absolute atomic E-state index is 12.8. The number of thiophene rings is 1. The predicted octanol–water partition coefficient (Wildman–Crippen LogP) is 3.57. The smallest absolute Gasteiger partial charge is 0.251 e. The van der Waals surface area contributed by atoms with E-state index in [1.807, 2.05) is 6.07 Å². The van der Waals surface area contributed by atoms with Gasteiger partial charge in [-0.05, 0) is 80.1 Å². The van der Waals surface area contributed by atoms with Gasteiger partial charge < -0.3 is 5.32 Å². The predicted molar refractivity (Wildman–Crippen MR) is 94.1 cm³/mol. The van der Waals surface area contributed by atoms with Crippen LogP contribution in [0.5, 0.6) is 0 Å². The van der Waals surface area contributed by atoms with Crippen LogP contribution in [-0.4, -0.2) is 35.5 Å². The standard InChI is InChI=1S/C19H22N2OS/c1-12-11-23-16-10-14(2-3-15(12)16)18(22)20-17-13-4-8-21(9-5-13)19(17)6-7-19/h2-3,10-11,13,17H,4-9H2,1H3,(H,20,22). The highest BCUT2D eigenvalue weighted by molar-refractivity contribution is 7.17. The molecule has 4 aliphatic rings. The number of piperidine rings is 3. The van der Waals surface area contributed by atoms with Crippen molar-refractivity contribution in [2.75, 3.05) is 13.1 Å². The van der Waals surface area contributed by atoms with Crippen LogP contribution in [0.1, 0.15) is 41.6 Å². The molecule has 1 aromatic carbocycles. The molecule has 0 radical (unpaired) electrons. The van der Waals surface area contributed by atoms with Crippen LogP contribution in [0.15, 0.2) is 23.6 Å². The number of nitrogens with zero attached hydrogens (tertiary/aromatic N) is 1. The Kier molecular flexibility index (Phi) is 2.92. The third kappa shape index (κ3) is 2.01. The fourth-order valence-electron chi connectivity index (χ4n) is 4.85. The van der Waals surface area contributed by atoms with Gasteiger partial charge in [0.25, 0.3) is 5.91 Å². The van der Waals surface area contributed by atoms with E-state index in [0.717, 1.165) is 5.56 Å². The van der Waals surface area contributed by atoms with E-state index in [1.165, 1.54) is 54.4 Å². The topological polar surface area (TPSA) is 32.3 Å². The second-order valence-electron chi connectivity index (χ2n) is 7.51. The summed E-state index contributed by atoms with van der Waals surface area (Å²) in [7, 11) is 0. The minimum Gasteiger partial charge on any atom is -0.347 e. The minimum atomic E-state index is 0.114. The lowest BCUT2D eigenvalue weighted by Gasteiger charge is -2.52. The first-order valence-electron chi connectivity index (χ1n) is 8.71. The first-order valence-corrected chi connectivity index (χ1v) is 9.59. The highest BCUT2D eigenvalue weighted by atomic mass is 32.1. The molecular weight excluding hydrogens is 304 g/mol. The number of benzene rings is 1. The third-order valence-electron chi connectivity index (χ3n) is 6.30. The van der Waals surface area contributed by atoms with Gasteiger partial charge in [-0.25, -0.2) is 0 Å². The van der Waals surface area contributed by atoms with Gasteiger partial charge in [0.05, 0.1) is 6.04 Å². The average Bonchev–Trinajstić information content (AvgIpc) is 3.28. The van der Waals surface area contributed by atoms with Crippen LogP contribution >= 0.6 is 11.3 Å². The van der Waals surface area contributed by atoms with Gasteiger partial charge in [0.2, 0.25) is 0 Å². The summed E-state index contributed by atoms with van der Waals surface area (Å²) in [4.78, 5) is 15.5. The summed E-state index contributed by atoms with van der Waals surface area (Å²) in [6.07, 6.45) is 5.01. The Labute approximate surface area is 140 Å². The van der Waals surface area contributed by atoms with Crippen molar-refractivity contribution in [2.24, 2.45) is 5.92 Å². The quantitative estimate of drug-likeness (QED) is 0.915. The van der Waals surface area contributed by atoms with E-state index < -0.39 is 0 Å². The average molecular weight is 326 g/mol. The van der Waals surface area contributed by atoms with Crippen molar-refractivity contribution in [1.29, 1.82) is 0 Å². The van der Waals surface area contributed by atoms with Crippen molar-refractivity contribution in [1.82, 2.24) is 10.2 Å². The van der Waals surface area contributed by atoms with E-state index in [4.69, 9.17) is 0 Å². The van der Waals surface area contributed by atoms with Crippen molar-refractivity contribution < 1.29 is 4.79 Å². The number of aryl methyl sites for hydroxylation is 1. The molecule has 1 N–H and O–H groups in total. The lowest BCUT2D eigenvalue weighted by molar-refractivity contribution is -0.00144. The van der Waals surface area contributed by atoms with Crippen LogP contribution in [-0.2, 0) is 0 Å². The fraction of sp³-hybridized carbons (Fsp3) is 0.526. The van der Waals surface area contributed by atoms with Gasteiger partial charge in [0, 0.05) is 15.8 Å². The molecule has 23 heavy (non-hydrogen) atoms. The van der Waals surface area contributed by atoms with Crippen LogP contribution in [0.3, 0.4) is 0 Å². The second kappa shape index (κ2) is 4.81. The Morgan fingerprint density at radius 1 is 1.30 bits per heavy atom. The zero-order valence-electron chi connectivity index (χ0n) is 13.5. The molecule has 3 saturated heterocycles. The Bertz CT molecular complexity index is 784. The molecule has 3 aliphatic heterocycles. The van der Waals surface area contributed by atoms with E-state index in [1.54, 1.807) is 11.3 Å². The summed E-state index contributed by atoms with van der Waals surface area (Å²) in [5, 5.41) is 6.85. The SMILES string of the molecule is Cc1csc2cc(C(=O)NC3C4CCN(CC4)C34CC4)ccc12. The Morgan fingerprint density at radius 2 is 2.09 bits per heavy atom. The molecule has 3 nitrogen and oxygen atoms in total. The van der Waals surface area contributed by atoms with Gasteiger partial charge in [-0.1, -0.05) is 6.07 Å². The van der Waals surface area contributed by atoms with Gasteiger partial charge in [0.1, 0.15) is 0 Å². The summed E-state index contributed by atoms with van der Waals surface area (Å²) in [6.45, 7) is 4.59. The number of hydrogen-bond donors (Lipinski definition) is 1. The van der Waals surface area contributed by atoms with Gasteiger partial charge >= 0.3 is 0 Å². The molecule has 4 heterocycles. The van der Waals surface area contributed by atoms with Crippen molar-refractivity contribution in [3.63, 3.8) is 0 Å². The minimum absolute atomic E-state index is 0.114. The molecule has 4 fully saturated rings. The van der Waals surface area contributed by atoms with Crippen LogP contribution in [0.4, 0.5) is 0 Å². The molecule has 2 bridgehead atoms. The fourth-order valence-corrected chi connectivity index (χ4v) is 5.83. The molecule has 6 rings (SSSR count).